The Labute approximate surface area is 79.7 Å². The van der Waals surface area contributed by atoms with E-state index < -0.39 is 0 Å². The molecule has 0 amide bonds. The first-order valence-corrected chi connectivity index (χ1v) is 4.11. The van der Waals surface area contributed by atoms with Crippen LogP contribution in [0.2, 0.25) is 5.02 Å². The van der Waals surface area contributed by atoms with E-state index in [1.165, 1.54) is 4.53 Å². The number of hydrogen-bond acceptors (Lipinski definition) is 3. The molecular weight excluding hydrogens is 197 g/mol. The molecule has 0 aliphatic carbocycles. The normalized spacial score (nSPS) is 14.7. The number of halogens is 2. The Bertz CT molecular complexity index is 337. The van der Waals surface area contributed by atoms with Gasteiger partial charge < -0.3 is 0 Å². The molecule has 0 aromatic heterocycles. The highest BCUT2D eigenvalue weighted by Gasteiger charge is 2.13. The summed E-state index contributed by atoms with van der Waals surface area (Å²) in [5, 5.41) is 8.22. The van der Waals surface area contributed by atoms with Gasteiger partial charge in [0.05, 0.1) is 12.2 Å². The molecule has 0 saturated carbocycles. The number of hydrogen-bond donors (Lipinski definition) is 0. The van der Waals surface area contributed by atoms with E-state index in [0.717, 1.165) is 11.3 Å². The Morgan fingerprint density at radius 3 is 3.08 bits per heavy atom. The van der Waals surface area contributed by atoms with Gasteiger partial charge >= 0.3 is 0 Å². The molecule has 1 aliphatic heterocycles. The van der Waals surface area contributed by atoms with Crippen LogP contribution in [-0.4, -0.2) is 4.53 Å². The van der Waals surface area contributed by atoms with Crippen LogP contribution < -0.4 is 0 Å². The van der Waals surface area contributed by atoms with E-state index in [-0.39, 0.29) is 0 Å². The van der Waals surface area contributed by atoms with Gasteiger partial charge in [-0.25, -0.2) is 0 Å². The van der Waals surface area contributed by atoms with Gasteiger partial charge in [0.25, 0.3) is 0 Å². The topological polar surface area (TPSA) is 28.0 Å². The lowest BCUT2D eigenvalue weighted by molar-refractivity contribution is 0.436. The summed E-state index contributed by atoms with van der Waals surface area (Å²) in [7, 11) is 0. The first-order valence-electron chi connectivity index (χ1n) is 3.40. The van der Waals surface area contributed by atoms with Crippen molar-refractivity contribution in [1.82, 2.24) is 4.53 Å². The summed E-state index contributed by atoms with van der Waals surface area (Å²) in [5.41, 5.74) is 1.71. The first-order chi connectivity index (χ1) is 5.77. The van der Waals surface area contributed by atoms with Crippen LogP contribution in [0.25, 0.3) is 0 Å². The number of benzene rings is 1. The summed E-state index contributed by atoms with van der Waals surface area (Å²) in [6.07, 6.45) is 0. The lowest BCUT2D eigenvalue weighted by atomic mass is 10.2. The third-order valence-corrected chi connectivity index (χ3v) is 2.17. The Morgan fingerprint density at radius 1 is 1.42 bits per heavy atom. The molecule has 0 saturated heterocycles. The lowest BCUT2D eigenvalue weighted by Crippen LogP contribution is -2.07. The van der Waals surface area contributed by atoms with Crippen LogP contribution in [0.3, 0.4) is 0 Å². The molecule has 0 bridgehead atoms. The Kier molecular flexibility index (Phi) is 1.90. The average molecular weight is 202 g/mol. The highest BCUT2D eigenvalue weighted by atomic mass is 35.5. The fourth-order valence-corrected chi connectivity index (χ4v) is 1.44. The molecule has 3 nitrogen and oxygen atoms in total. The Balaban J connectivity index is 2.53. The molecule has 0 radical (unpaired) electrons. The molecule has 0 unspecified atom stereocenters. The van der Waals surface area contributed by atoms with Gasteiger partial charge in [0, 0.05) is 22.4 Å². The van der Waals surface area contributed by atoms with Crippen molar-refractivity contribution in [3.63, 3.8) is 0 Å². The van der Waals surface area contributed by atoms with Crippen molar-refractivity contribution in [2.75, 3.05) is 0 Å². The van der Waals surface area contributed by atoms with Crippen molar-refractivity contribution in [3.8, 4) is 0 Å². The highest BCUT2D eigenvalue weighted by molar-refractivity contribution is 6.31. The number of rotatable bonds is 0. The molecule has 5 heteroatoms. The number of nitrogens with zero attached hydrogens (tertiary/aromatic N) is 3. The molecule has 1 aromatic carbocycles. The maximum atomic E-state index is 5.92. The molecule has 62 valence electrons. The van der Waals surface area contributed by atoms with Gasteiger partial charge in [-0.2, -0.15) is 4.53 Å². The van der Waals surface area contributed by atoms with Crippen LogP contribution in [0.1, 0.15) is 5.56 Å². The predicted molar refractivity (Wildman–Crippen MR) is 47.4 cm³/mol. The molecule has 0 fully saturated rings. The third kappa shape index (κ3) is 1.26. The van der Waals surface area contributed by atoms with E-state index in [4.69, 9.17) is 23.4 Å². The van der Waals surface area contributed by atoms with Gasteiger partial charge in [-0.1, -0.05) is 22.9 Å². The van der Waals surface area contributed by atoms with Crippen molar-refractivity contribution in [2.45, 2.75) is 6.54 Å². The summed E-state index contributed by atoms with van der Waals surface area (Å²) in [5.74, 6) is 0. The molecule has 1 aromatic rings. The fourth-order valence-electron chi connectivity index (χ4n) is 1.06. The van der Waals surface area contributed by atoms with E-state index in [0.29, 0.717) is 11.6 Å². The summed E-state index contributed by atoms with van der Waals surface area (Å²) in [6.45, 7) is 0.500. The maximum absolute atomic E-state index is 5.92. The Morgan fingerprint density at radius 2 is 2.25 bits per heavy atom. The molecule has 2 rings (SSSR count). The van der Waals surface area contributed by atoms with E-state index in [2.05, 4.69) is 10.3 Å². The lowest BCUT2D eigenvalue weighted by Gasteiger charge is -2.15. The van der Waals surface area contributed by atoms with Gasteiger partial charge in [-0.3, -0.25) is 0 Å². The van der Waals surface area contributed by atoms with Crippen molar-refractivity contribution in [1.29, 1.82) is 0 Å². The van der Waals surface area contributed by atoms with Crippen molar-refractivity contribution >= 4 is 29.1 Å². The van der Waals surface area contributed by atoms with Gasteiger partial charge in [0.2, 0.25) is 0 Å². The van der Waals surface area contributed by atoms with E-state index in [1.54, 1.807) is 0 Å². The Hall–Kier alpha value is -0.800. The average Bonchev–Trinajstić information content (AvgIpc) is 2.07. The van der Waals surface area contributed by atoms with Crippen molar-refractivity contribution in [3.05, 3.63) is 28.8 Å². The minimum atomic E-state index is 0.500. The largest absolute Gasteiger partial charge is 0.182 e. The maximum Gasteiger partial charge on any atom is 0.0940 e. The minimum Gasteiger partial charge on any atom is -0.182 e. The van der Waals surface area contributed by atoms with Crippen LogP contribution >= 0.6 is 23.4 Å². The molecule has 12 heavy (non-hydrogen) atoms. The van der Waals surface area contributed by atoms with Gasteiger partial charge in [0.15, 0.2) is 0 Å². The van der Waals surface area contributed by atoms with Crippen LogP contribution in [0.4, 0.5) is 5.69 Å². The van der Waals surface area contributed by atoms with Crippen LogP contribution in [0.15, 0.2) is 28.5 Å². The van der Waals surface area contributed by atoms with Crippen molar-refractivity contribution in [2.24, 2.45) is 10.3 Å². The molecule has 0 atom stereocenters. The van der Waals surface area contributed by atoms with E-state index in [1.807, 2.05) is 18.2 Å². The molecule has 1 heterocycles. The zero-order chi connectivity index (χ0) is 8.55. The van der Waals surface area contributed by atoms with E-state index in [9.17, 15) is 0 Å². The zero-order valence-corrected chi connectivity index (χ0v) is 7.55. The second kappa shape index (κ2) is 2.92. The summed E-state index contributed by atoms with van der Waals surface area (Å²) in [4.78, 5) is 0. The quantitative estimate of drug-likeness (QED) is 0.593. The van der Waals surface area contributed by atoms with Crippen LogP contribution in [0, 0.1) is 0 Å². The third-order valence-electron chi connectivity index (χ3n) is 1.63. The summed E-state index contributed by atoms with van der Waals surface area (Å²) >= 11 is 11.6. The smallest absolute Gasteiger partial charge is 0.0940 e. The fraction of sp³-hybridized carbons (Fsp3) is 0.143. The van der Waals surface area contributed by atoms with Crippen molar-refractivity contribution < 1.29 is 0 Å². The predicted octanol–water partition coefficient (Wildman–Crippen LogP) is 3.31. The summed E-state index contributed by atoms with van der Waals surface area (Å²) < 4.78 is 1.23. The second-order valence-corrected chi connectivity index (χ2v) is 3.22. The van der Waals surface area contributed by atoms with Gasteiger partial charge in [-0.15, -0.1) is 5.11 Å². The first kappa shape index (κ1) is 7.83. The van der Waals surface area contributed by atoms with Gasteiger partial charge in [-0.05, 0) is 12.1 Å². The molecule has 0 spiro atoms. The van der Waals surface area contributed by atoms with E-state index >= 15 is 0 Å². The second-order valence-electron chi connectivity index (χ2n) is 2.42. The number of fused-ring (bicyclic) bond motifs is 1. The highest BCUT2D eigenvalue weighted by Crippen LogP contribution is 2.32. The molecule has 0 N–H and O–H groups in total. The van der Waals surface area contributed by atoms with Crippen LogP contribution in [0.5, 0.6) is 0 Å². The SMILES string of the molecule is Clc1cccc2c1CN(Cl)N=N2. The van der Waals surface area contributed by atoms with Gasteiger partial charge in [0.1, 0.15) is 0 Å². The minimum absolute atomic E-state index is 0.500. The zero-order valence-electron chi connectivity index (χ0n) is 6.04. The molecule has 1 aliphatic rings. The van der Waals surface area contributed by atoms with Crippen LogP contribution in [-0.2, 0) is 6.54 Å². The summed E-state index contributed by atoms with van der Waals surface area (Å²) in [6, 6.07) is 5.50. The standard InChI is InChI=1S/C7H5Cl2N3/c8-6-2-1-3-7-5(6)4-12(9)11-10-7/h1-3H,4H2. The molecular formula is C7H5Cl2N3. The monoisotopic (exact) mass is 201 g/mol.